The fraction of sp³-hybridized carbons (Fsp3) is 0.421. The number of fused-ring (bicyclic) bond motifs is 1. The molecule has 28 heavy (non-hydrogen) atoms. The molecular formula is C19H22N6O2S. The number of nitrogens with zero attached hydrogens (tertiary/aromatic N) is 6. The minimum absolute atomic E-state index is 0.0277. The first-order chi connectivity index (χ1) is 13.6. The van der Waals surface area contributed by atoms with E-state index in [1.807, 2.05) is 29.2 Å². The molecule has 0 atom stereocenters. The highest BCUT2D eigenvalue weighted by molar-refractivity contribution is 7.13. The van der Waals surface area contributed by atoms with Crippen LogP contribution in [-0.4, -0.2) is 63.1 Å². The fourth-order valence-corrected chi connectivity index (χ4v) is 3.78. The molecule has 1 amide bonds. The summed E-state index contributed by atoms with van der Waals surface area (Å²) < 4.78 is 10.5. The van der Waals surface area contributed by atoms with E-state index in [0.717, 1.165) is 16.0 Å². The van der Waals surface area contributed by atoms with Crippen LogP contribution in [0.4, 0.5) is 5.82 Å². The number of anilines is 1. The van der Waals surface area contributed by atoms with E-state index in [-0.39, 0.29) is 5.91 Å². The number of rotatable bonds is 5. The van der Waals surface area contributed by atoms with Crippen molar-refractivity contribution in [3.63, 3.8) is 0 Å². The summed E-state index contributed by atoms with van der Waals surface area (Å²) in [5.74, 6) is 1.88. The van der Waals surface area contributed by atoms with Crippen LogP contribution in [0.3, 0.4) is 0 Å². The zero-order valence-electron chi connectivity index (χ0n) is 15.9. The summed E-state index contributed by atoms with van der Waals surface area (Å²) in [7, 11) is 0. The van der Waals surface area contributed by atoms with E-state index < -0.39 is 0 Å². The normalized spacial score (nSPS) is 14.7. The van der Waals surface area contributed by atoms with Crippen molar-refractivity contribution >= 4 is 33.5 Å². The SMILES string of the molecule is CC(C)COc1cc(N2CCN(C(=O)c3cccc4nnsc34)CC2)ncn1. The summed E-state index contributed by atoms with van der Waals surface area (Å²) >= 11 is 1.26. The summed E-state index contributed by atoms with van der Waals surface area (Å²) in [6, 6.07) is 7.44. The molecule has 8 nitrogen and oxygen atoms in total. The van der Waals surface area contributed by atoms with Crippen LogP contribution in [0.1, 0.15) is 24.2 Å². The molecular weight excluding hydrogens is 376 g/mol. The van der Waals surface area contributed by atoms with Gasteiger partial charge < -0.3 is 14.5 Å². The van der Waals surface area contributed by atoms with Gasteiger partial charge in [-0.2, -0.15) is 0 Å². The number of piperazine rings is 1. The number of hydrogen-bond acceptors (Lipinski definition) is 8. The van der Waals surface area contributed by atoms with Crippen molar-refractivity contribution in [2.45, 2.75) is 13.8 Å². The molecule has 1 aliphatic heterocycles. The number of benzene rings is 1. The quantitative estimate of drug-likeness (QED) is 0.653. The average molecular weight is 398 g/mol. The zero-order valence-corrected chi connectivity index (χ0v) is 16.7. The van der Waals surface area contributed by atoms with Crippen molar-refractivity contribution in [1.82, 2.24) is 24.5 Å². The van der Waals surface area contributed by atoms with Gasteiger partial charge in [-0.25, -0.2) is 9.97 Å². The second-order valence-corrected chi connectivity index (χ2v) is 7.88. The van der Waals surface area contributed by atoms with E-state index in [2.05, 4.69) is 38.3 Å². The van der Waals surface area contributed by atoms with Crippen molar-refractivity contribution in [3.05, 3.63) is 36.2 Å². The third-order valence-corrected chi connectivity index (χ3v) is 5.36. The Morgan fingerprint density at radius 3 is 2.82 bits per heavy atom. The molecule has 0 unspecified atom stereocenters. The Kier molecular flexibility index (Phi) is 5.34. The topological polar surface area (TPSA) is 84.3 Å². The minimum Gasteiger partial charge on any atom is -0.477 e. The Labute approximate surface area is 167 Å². The van der Waals surface area contributed by atoms with Gasteiger partial charge in [0.05, 0.1) is 16.9 Å². The molecule has 0 bridgehead atoms. The number of aromatic nitrogens is 4. The third kappa shape index (κ3) is 3.89. The van der Waals surface area contributed by atoms with Crippen molar-refractivity contribution in [2.24, 2.45) is 5.92 Å². The lowest BCUT2D eigenvalue weighted by atomic mass is 10.1. The Bertz CT molecular complexity index is 968. The van der Waals surface area contributed by atoms with Crippen LogP contribution in [0.15, 0.2) is 30.6 Å². The first-order valence-electron chi connectivity index (χ1n) is 9.32. The fourth-order valence-electron chi connectivity index (χ4n) is 3.12. The van der Waals surface area contributed by atoms with Crippen LogP contribution in [-0.2, 0) is 0 Å². The minimum atomic E-state index is 0.0277. The molecule has 1 aliphatic rings. The number of carbonyl (C=O) groups excluding carboxylic acids is 1. The molecule has 0 spiro atoms. The summed E-state index contributed by atoms with van der Waals surface area (Å²) in [5, 5.41) is 4.06. The maximum Gasteiger partial charge on any atom is 0.255 e. The summed E-state index contributed by atoms with van der Waals surface area (Å²) in [6.07, 6.45) is 1.53. The van der Waals surface area contributed by atoms with E-state index in [1.165, 1.54) is 17.9 Å². The van der Waals surface area contributed by atoms with E-state index in [9.17, 15) is 4.79 Å². The number of hydrogen-bond donors (Lipinski definition) is 0. The van der Waals surface area contributed by atoms with E-state index >= 15 is 0 Å². The van der Waals surface area contributed by atoms with Gasteiger partial charge in [0.2, 0.25) is 5.88 Å². The van der Waals surface area contributed by atoms with Crippen molar-refractivity contribution in [2.75, 3.05) is 37.7 Å². The monoisotopic (exact) mass is 398 g/mol. The van der Waals surface area contributed by atoms with Gasteiger partial charge in [-0.3, -0.25) is 4.79 Å². The predicted molar refractivity (Wildman–Crippen MR) is 108 cm³/mol. The molecule has 1 aromatic carbocycles. The number of carbonyl (C=O) groups is 1. The average Bonchev–Trinajstić information content (AvgIpc) is 3.21. The first-order valence-corrected chi connectivity index (χ1v) is 10.1. The Morgan fingerprint density at radius 1 is 1.21 bits per heavy atom. The highest BCUT2D eigenvalue weighted by atomic mass is 32.1. The first kappa shape index (κ1) is 18.5. The van der Waals surface area contributed by atoms with Gasteiger partial charge >= 0.3 is 0 Å². The smallest absolute Gasteiger partial charge is 0.255 e. The second-order valence-electron chi connectivity index (χ2n) is 7.13. The van der Waals surface area contributed by atoms with E-state index in [1.54, 1.807) is 0 Å². The molecule has 2 aromatic heterocycles. The van der Waals surface area contributed by atoms with Crippen LogP contribution in [0.2, 0.25) is 0 Å². The van der Waals surface area contributed by atoms with Gasteiger partial charge in [-0.1, -0.05) is 24.4 Å². The molecule has 0 saturated carbocycles. The van der Waals surface area contributed by atoms with Crippen LogP contribution in [0, 0.1) is 5.92 Å². The van der Waals surface area contributed by atoms with Crippen molar-refractivity contribution in [1.29, 1.82) is 0 Å². The van der Waals surface area contributed by atoms with Gasteiger partial charge in [0.25, 0.3) is 5.91 Å². The Balaban J connectivity index is 1.41. The van der Waals surface area contributed by atoms with Crippen molar-refractivity contribution in [3.8, 4) is 5.88 Å². The largest absolute Gasteiger partial charge is 0.477 e. The third-order valence-electron chi connectivity index (χ3n) is 4.59. The van der Waals surface area contributed by atoms with Gasteiger partial charge in [0.15, 0.2) is 0 Å². The molecule has 9 heteroatoms. The standard InChI is InChI=1S/C19H22N6O2S/c1-13(2)11-27-17-10-16(20-12-21-17)24-6-8-25(9-7-24)19(26)14-4-3-5-15-18(14)28-23-22-15/h3-5,10,12-13H,6-9,11H2,1-2H3. The molecule has 0 aliphatic carbocycles. The molecule has 3 aromatic rings. The van der Waals surface area contributed by atoms with Gasteiger partial charge in [0.1, 0.15) is 17.7 Å². The molecule has 1 saturated heterocycles. The zero-order chi connectivity index (χ0) is 19.5. The van der Waals surface area contributed by atoms with Crippen molar-refractivity contribution < 1.29 is 9.53 Å². The highest BCUT2D eigenvalue weighted by Gasteiger charge is 2.25. The lowest BCUT2D eigenvalue weighted by Crippen LogP contribution is -2.49. The maximum absolute atomic E-state index is 13.0. The number of amides is 1. The number of ether oxygens (including phenoxy) is 1. The summed E-state index contributed by atoms with van der Waals surface area (Å²) in [6.45, 7) is 7.51. The Hall–Kier alpha value is -2.81. The molecule has 1 fully saturated rings. The molecule has 0 radical (unpaired) electrons. The van der Waals surface area contributed by atoms with Gasteiger partial charge in [0, 0.05) is 32.2 Å². The Morgan fingerprint density at radius 2 is 2.04 bits per heavy atom. The van der Waals surface area contributed by atoms with Crippen LogP contribution < -0.4 is 9.64 Å². The van der Waals surface area contributed by atoms with Gasteiger partial charge in [-0.05, 0) is 29.6 Å². The van der Waals surface area contributed by atoms with Crippen LogP contribution in [0.25, 0.3) is 10.2 Å². The molecule has 3 heterocycles. The van der Waals surface area contributed by atoms with E-state index in [4.69, 9.17) is 4.74 Å². The maximum atomic E-state index is 13.0. The molecule has 4 rings (SSSR count). The predicted octanol–water partition coefficient (Wildman–Crippen LogP) is 2.48. The van der Waals surface area contributed by atoms with E-state index in [0.29, 0.717) is 50.1 Å². The van der Waals surface area contributed by atoms with Crippen LogP contribution in [0.5, 0.6) is 5.88 Å². The summed E-state index contributed by atoms with van der Waals surface area (Å²) in [4.78, 5) is 25.5. The summed E-state index contributed by atoms with van der Waals surface area (Å²) in [5.41, 5.74) is 1.44. The second kappa shape index (κ2) is 8.05. The highest BCUT2D eigenvalue weighted by Crippen LogP contribution is 2.23. The van der Waals surface area contributed by atoms with Gasteiger partial charge in [-0.15, -0.1) is 5.10 Å². The lowest BCUT2D eigenvalue weighted by Gasteiger charge is -2.35. The molecule has 146 valence electrons. The van der Waals surface area contributed by atoms with Crippen LogP contribution >= 0.6 is 11.5 Å². The molecule has 0 N–H and O–H groups in total. The lowest BCUT2D eigenvalue weighted by molar-refractivity contribution is 0.0748.